The first-order valence-corrected chi connectivity index (χ1v) is 9.36. The van der Waals surface area contributed by atoms with Gasteiger partial charge in [-0.15, -0.1) is 11.3 Å². The number of fused-ring (bicyclic) bond motifs is 1. The van der Waals surface area contributed by atoms with E-state index in [1.54, 1.807) is 13.0 Å². The first-order valence-electron chi connectivity index (χ1n) is 7.72. The van der Waals surface area contributed by atoms with Crippen molar-refractivity contribution in [3.63, 3.8) is 0 Å². The Morgan fingerprint density at radius 2 is 2.12 bits per heavy atom. The van der Waals surface area contributed by atoms with Gasteiger partial charge in [-0.05, 0) is 25.1 Å². The number of hydrogen-bond acceptors (Lipinski definition) is 8. The molecule has 1 aliphatic rings. The van der Waals surface area contributed by atoms with Crippen LogP contribution in [0.1, 0.15) is 23.0 Å². The zero-order valence-corrected chi connectivity index (χ0v) is 14.9. The Kier molecular flexibility index (Phi) is 4.14. The molecule has 2 aromatic heterocycles. The fourth-order valence-corrected chi connectivity index (χ4v) is 4.56. The van der Waals surface area contributed by atoms with E-state index in [9.17, 15) is 9.59 Å². The number of nitrogens with one attached hydrogen (secondary N) is 1. The number of nitrogens with zero attached hydrogens (tertiary/aromatic N) is 1. The molecule has 4 rings (SSSR count). The fraction of sp³-hybridized carbons (Fsp3) is 0.235. The molecule has 0 spiro atoms. The van der Waals surface area contributed by atoms with E-state index >= 15 is 0 Å². The van der Waals surface area contributed by atoms with Crippen LogP contribution in [0.25, 0.3) is 9.53 Å². The van der Waals surface area contributed by atoms with Crippen LogP contribution in [0, 0.1) is 0 Å². The molecule has 0 radical (unpaired) electrons. The molecule has 1 aromatic carbocycles. The van der Waals surface area contributed by atoms with E-state index in [-0.39, 0.29) is 6.10 Å². The van der Waals surface area contributed by atoms with Crippen LogP contribution < -0.4 is 5.32 Å². The van der Waals surface area contributed by atoms with E-state index in [2.05, 4.69) is 10.3 Å². The summed E-state index contributed by atoms with van der Waals surface area (Å²) >= 11 is 2.72. The van der Waals surface area contributed by atoms with Gasteiger partial charge in [0.2, 0.25) is 6.10 Å². The van der Waals surface area contributed by atoms with Crippen LogP contribution in [0.15, 0.2) is 36.4 Å². The summed E-state index contributed by atoms with van der Waals surface area (Å²) in [5.74, 6) is -0.990. The summed E-state index contributed by atoms with van der Waals surface area (Å²) in [7, 11) is 0. The lowest BCUT2D eigenvalue weighted by Crippen LogP contribution is -2.22. The second-order valence-electron chi connectivity index (χ2n) is 5.67. The molecule has 2 atom stereocenters. The number of esters is 2. The Balaban J connectivity index is 1.47. The normalized spacial score (nSPS) is 19.8. The standard InChI is InChI=1S/C17H14N2O4S2/c1-9-7-11(15(20)22-9)23-16(21)13-8-12-14(24-13)19-17(25-12)18-10-5-3-2-4-6-10/h2-6,8-9,11H,7H2,1H3,(H,18,19)/t9-,11+/m1/s1. The van der Waals surface area contributed by atoms with Crippen LogP contribution in [-0.2, 0) is 14.3 Å². The number of hydrogen-bond donors (Lipinski definition) is 1. The monoisotopic (exact) mass is 374 g/mol. The Morgan fingerprint density at radius 1 is 1.32 bits per heavy atom. The molecule has 8 heteroatoms. The molecule has 3 heterocycles. The Morgan fingerprint density at radius 3 is 2.80 bits per heavy atom. The summed E-state index contributed by atoms with van der Waals surface area (Å²) in [5, 5.41) is 4.00. The van der Waals surface area contributed by atoms with Gasteiger partial charge in [-0.3, -0.25) is 0 Å². The van der Waals surface area contributed by atoms with E-state index in [1.807, 2.05) is 30.3 Å². The number of para-hydroxylation sites is 1. The minimum atomic E-state index is -0.814. The number of benzene rings is 1. The number of anilines is 2. The number of aromatic nitrogens is 1. The largest absolute Gasteiger partial charge is 0.460 e. The smallest absolute Gasteiger partial charge is 0.349 e. The summed E-state index contributed by atoms with van der Waals surface area (Å²) in [6.45, 7) is 1.78. The van der Waals surface area contributed by atoms with Crippen molar-refractivity contribution in [3.8, 4) is 0 Å². The van der Waals surface area contributed by atoms with E-state index in [0.29, 0.717) is 11.3 Å². The number of ether oxygens (including phenoxy) is 2. The summed E-state index contributed by atoms with van der Waals surface area (Å²) < 4.78 is 11.2. The van der Waals surface area contributed by atoms with Gasteiger partial charge in [0.1, 0.15) is 15.8 Å². The number of carbonyl (C=O) groups excluding carboxylic acids is 2. The van der Waals surface area contributed by atoms with Gasteiger partial charge in [0, 0.05) is 12.1 Å². The maximum atomic E-state index is 12.2. The molecule has 0 unspecified atom stereocenters. The van der Waals surface area contributed by atoms with Gasteiger partial charge in [-0.25, -0.2) is 14.6 Å². The molecule has 1 saturated heterocycles. The second kappa shape index (κ2) is 6.45. The van der Waals surface area contributed by atoms with Crippen LogP contribution in [0.5, 0.6) is 0 Å². The van der Waals surface area contributed by atoms with Gasteiger partial charge in [0.15, 0.2) is 5.13 Å². The quantitative estimate of drug-likeness (QED) is 0.697. The van der Waals surface area contributed by atoms with Crippen LogP contribution >= 0.6 is 22.7 Å². The first kappa shape index (κ1) is 16.0. The summed E-state index contributed by atoms with van der Waals surface area (Å²) in [6.07, 6.45) is -0.635. The maximum absolute atomic E-state index is 12.2. The Bertz CT molecular complexity index is 903. The molecule has 3 aromatic rings. The highest BCUT2D eigenvalue weighted by molar-refractivity contribution is 7.29. The van der Waals surface area contributed by atoms with Crippen molar-refractivity contribution in [1.29, 1.82) is 0 Å². The molecule has 1 N–H and O–H groups in total. The number of cyclic esters (lactones) is 1. The molecule has 0 saturated carbocycles. The molecule has 0 amide bonds. The minimum Gasteiger partial charge on any atom is -0.460 e. The number of thiazole rings is 1. The van der Waals surface area contributed by atoms with Gasteiger partial charge in [0.05, 0.1) is 4.70 Å². The van der Waals surface area contributed by atoms with Gasteiger partial charge in [0.25, 0.3) is 0 Å². The third-order valence-electron chi connectivity index (χ3n) is 3.69. The van der Waals surface area contributed by atoms with E-state index < -0.39 is 18.0 Å². The average molecular weight is 374 g/mol. The summed E-state index contributed by atoms with van der Waals surface area (Å²) in [6, 6.07) is 11.5. The van der Waals surface area contributed by atoms with Crippen molar-refractivity contribution in [2.75, 3.05) is 5.32 Å². The molecular weight excluding hydrogens is 360 g/mol. The van der Waals surface area contributed by atoms with Gasteiger partial charge < -0.3 is 14.8 Å². The second-order valence-corrected chi connectivity index (χ2v) is 7.73. The average Bonchev–Trinajstić information content (AvgIpc) is 3.22. The third kappa shape index (κ3) is 3.35. The first-order chi connectivity index (χ1) is 12.1. The number of carbonyl (C=O) groups is 2. The van der Waals surface area contributed by atoms with Crippen LogP contribution in [0.2, 0.25) is 0 Å². The van der Waals surface area contributed by atoms with Crippen LogP contribution in [0.3, 0.4) is 0 Å². The molecule has 0 aliphatic carbocycles. The fourth-order valence-electron chi connectivity index (χ4n) is 2.54. The molecule has 1 fully saturated rings. The van der Waals surface area contributed by atoms with Crippen molar-refractivity contribution >= 4 is 55.0 Å². The Labute approximate surface area is 151 Å². The lowest BCUT2D eigenvalue weighted by molar-refractivity contribution is -0.147. The molecule has 128 valence electrons. The van der Waals surface area contributed by atoms with Crippen LogP contribution in [-0.4, -0.2) is 29.1 Å². The van der Waals surface area contributed by atoms with Gasteiger partial charge in [-0.2, -0.15) is 0 Å². The minimum absolute atomic E-state index is 0.217. The molecular formula is C17H14N2O4S2. The van der Waals surface area contributed by atoms with Crippen molar-refractivity contribution < 1.29 is 19.1 Å². The van der Waals surface area contributed by atoms with Crippen LogP contribution in [0.4, 0.5) is 10.8 Å². The predicted molar refractivity (Wildman–Crippen MR) is 96.6 cm³/mol. The highest BCUT2D eigenvalue weighted by Gasteiger charge is 2.35. The summed E-state index contributed by atoms with van der Waals surface area (Å²) in [4.78, 5) is 29.5. The molecule has 1 aliphatic heterocycles. The lowest BCUT2D eigenvalue weighted by atomic mass is 10.2. The van der Waals surface area contributed by atoms with E-state index in [4.69, 9.17) is 9.47 Å². The van der Waals surface area contributed by atoms with Crippen molar-refractivity contribution in [2.24, 2.45) is 0 Å². The SMILES string of the molecule is C[C@@H]1C[C@H](OC(=O)c2cc3sc(Nc4ccccc4)nc3s2)C(=O)O1. The zero-order valence-electron chi connectivity index (χ0n) is 13.2. The van der Waals surface area contributed by atoms with Crippen molar-refractivity contribution in [3.05, 3.63) is 41.3 Å². The summed E-state index contributed by atoms with van der Waals surface area (Å²) in [5.41, 5.74) is 0.956. The molecule has 6 nitrogen and oxygen atoms in total. The molecule has 0 bridgehead atoms. The predicted octanol–water partition coefficient (Wildman–Crippen LogP) is 3.96. The molecule has 25 heavy (non-hydrogen) atoms. The van der Waals surface area contributed by atoms with Gasteiger partial charge >= 0.3 is 11.9 Å². The highest BCUT2D eigenvalue weighted by Crippen LogP contribution is 2.34. The number of rotatable bonds is 4. The van der Waals surface area contributed by atoms with E-state index in [0.717, 1.165) is 20.3 Å². The topological polar surface area (TPSA) is 77.5 Å². The van der Waals surface area contributed by atoms with Crippen molar-refractivity contribution in [1.82, 2.24) is 4.98 Å². The van der Waals surface area contributed by atoms with Crippen molar-refractivity contribution in [2.45, 2.75) is 25.6 Å². The van der Waals surface area contributed by atoms with Gasteiger partial charge in [-0.1, -0.05) is 29.5 Å². The zero-order chi connectivity index (χ0) is 17.4. The number of thiophene rings is 1. The third-order valence-corrected chi connectivity index (χ3v) is 5.75. The lowest BCUT2D eigenvalue weighted by Gasteiger charge is -2.06. The Hall–Kier alpha value is -2.45. The maximum Gasteiger partial charge on any atom is 0.349 e. The van der Waals surface area contributed by atoms with E-state index in [1.165, 1.54) is 22.7 Å². The highest BCUT2D eigenvalue weighted by atomic mass is 32.1.